The number of hydrogen-bond acceptors (Lipinski definition) is 3. The summed E-state index contributed by atoms with van der Waals surface area (Å²) in [5.41, 5.74) is 0.510. The molecule has 1 unspecified atom stereocenters. The molecule has 0 saturated heterocycles. The Bertz CT molecular complexity index is 307. The highest BCUT2D eigenvalue weighted by molar-refractivity contribution is 5.28. The molecule has 0 aliphatic heterocycles. The molecule has 0 radical (unpaired) electrons. The number of aliphatic hydroxyl groups is 2. The van der Waals surface area contributed by atoms with Crippen molar-refractivity contribution in [3.63, 3.8) is 0 Å². The van der Waals surface area contributed by atoms with E-state index in [1.807, 2.05) is 0 Å². The quantitative estimate of drug-likeness (QED) is 0.704. The molecule has 0 amide bonds. The molecule has 1 rings (SSSR count). The van der Waals surface area contributed by atoms with Gasteiger partial charge in [-0.05, 0) is 17.7 Å². The van der Waals surface area contributed by atoms with E-state index < -0.39 is 13.1 Å². The van der Waals surface area contributed by atoms with Gasteiger partial charge in [-0.1, -0.05) is 12.1 Å². The highest BCUT2D eigenvalue weighted by Gasteiger charge is 2.04. The summed E-state index contributed by atoms with van der Waals surface area (Å²) >= 11 is 0. The molecule has 3 heteroatoms. The normalized spacial score (nSPS) is 17.3. The van der Waals surface area contributed by atoms with E-state index in [4.69, 9.17) is 9.22 Å². The molecule has 0 saturated carbocycles. The lowest BCUT2D eigenvalue weighted by molar-refractivity contribution is 0.0956. The highest BCUT2D eigenvalue weighted by Crippen LogP contribution is 2.16. The third kappa shape index (κ3) is 1.96. The van der Waals surface area contributed by atoms with E-state index in [9.17, 15) is 5.11 Å². The average molecular weight is 171 g/mol. The van der Waals surface area contributed by atoms with Gasteiger partial charge in [0.2, 0.25) is 0 Å². The van der Waals surface area contributed by atoms with E-state index in [2.05, 4.69) is 4.74 Å². The lowest BCUT2D eigenvalue weighted by Gasteiger charge is -2.07. The lowest BCUT2D eigenvalue weighted by atomic mass is 10.1. The van der Waals surface area contributed by atoms with Crippen molar-refractivity contribution >= 4 is 0 Å². The van der Waals surface area contributed by atoms with Gasteiger partial charge in [0, 0.05) is 0 Å². The van der Waals surface area contributed by atoms with E-state index in [1.54, 1.807) is 0 Å². The molecular formula is C9H12O3. The van der Waals surface area contributed by atoms with Gasteiger partial charge < -0.3 is 14.9 Å². The van der Waals surface area contributed by atoms with Gasteiger partial charge in [-0.2, -0.15) is 0 Å². The Labute approximate surface area is 75.4 Å². The monoisotopic (exact) mass is 171 g/mol. The maximum atomic E-state index is 9.25. The summed E-state index contributed by atoms with van der Waals surface area (Å²) in [6, 6.07) is 5.87. The van der Waals surface area contributed by atoms with Crippen LogP contribution in [0.1, 0.15) is 15.8 Å². The minimum Gasteiger partial charge on any atom is -0.497 e. The topological polar surface area (TPSA) is 49.7 Å². The van der Waals surface area contributed by atoms with Gasteiger partial charge in [-0.25, -0.2) is 0 Å². The van der Waals surface area contributed by atoms with Crippen LogP contribution in [0.15, 0.2) is 24.3 Å². The summed E-state index contributed by atoms with van der Waals surface area (Å²) in [6.45, 7) is -0.376. The predicted molar refractivity (Wildman–Crippen MR) is 45.0 cm³/mol. The number of aliphatic hydroxyl groups excluding tert-OH is 2. The molecule has 66 valence electrons. The largest absolute Gasteiger partial charge is 0.497 e. The minimum atomic E-state index is -2.48. The first-order valence-electron chi connectivity index (χ1n) is 5.00. The third-order valence-electron chi connectivity index (χ3n) is 1.56. The Morgan fingerprint density at radius 2 is 2.17 bits per heavy atom. The van der Waals surface area contributed by atoms with Crippen molar-refractivity contribution < 1.29 is 19.1 Å². The minimum absolute atomic E-state index is 0.198. The van der Waals surface area contributed by atoms with Gasteiger partial charge in [0.15, 0.2) is 0 Å². The van der Waals surface area contributed by atoms with Crippen molar-refractivity contribution in [3.8, 4) is 5.75 Å². The van der Waals surface area contributed by atoms with Crippen LogP contribution in [-0.4, -0.2) is 23.9 Å². The van der Waals surface area contributed by atoms with Crippen LogP contribution in [0.2, 0.25) is 0 Å². The number of benzene rings is 1. The summed E-state index contributed by atoms with van der Waals surface area (Å²) in [4.78, 5) is 0. The molecule has 0 aliphatic rings. The fraction of sp³-hybridized carbons (Fsp3) is 0.333. The average Bonchev–Trinajstić information content (AvgIpc) is 2.15. The second-order valence-electron chi connectivity index (χ2n) is 2.37. The van der Waals surface area contributed by atoms with Gasteiger partial charge in [0.25, 0.3) is 0 Å². The van der Waals surface area contributed by atoms with Gasteiger partial charge >= 0.3 is 0 Å². The molecule has 0 aromatic heterocycles. The van der Waals surface area contributed by atoms with Crippen LogP contribution in [0.25, 0.3) is 0 Å². The van der Waals surface area contributed by atoms with E-state index >= 15 is 0 Å². The fourth-order valence-electron chi connectivity index (χ4n) is 0.863. The molecule has 0 fully saturated rings. The van der Waals surface area contributed by atoms with E-state index in [0.717, 1.165) is 0 Å². The smallest absolute Gasteiger partial charge is 0.118 e. The second kappa shape index (κ2) is 4.09. The Morgan fingerprint density at radius 1 is 1.50 bits per heavy atom. The van der Waals surface area contributed by atoms with Gasteiger partial charge in [0.1, 0.15) is 11.9 Å². The van der Waals surface area contributed by atoms with Gasteiger partial charge in [-0.3, -0.25) is 0 Å². The Balaban J connectivity index is 2.72. The van der Waals surface area contributed by atoms with E-state index in [1.165, 1.54) is 24.3 Å². The van der Waals surface area contributed by atoms with Gasteiger partial charge in [0.05, 0.1) is 17.8 Å². The molecule has 1 aromatic rings. The maximum absolute atomic E-state index is 9.25. The van der Waals surface area contributed by atoms with E-state index in [-0.39, 0.29) is 12.4 Å². The van der Waals surface area contributed by atoms with Gasteiger partial charge in [-0.15, -0.1) is 0 Å². The lowest BCUT2D eigenvalue weighted by Crippen LogP contribution is -2.01. The molecule has 1 atom stereocenters. The molecule has 2 N–H and O–H groups in total. The van der Waals surface area contributed by atoms with Crippen molar-refractivity contribution in [2.75, 3.05) is 13.6 Å². The van der Waals surface area contributed by atoms with Crippen LogP contribution in [0.5, 0.6) is 5.75 Å². The van der Waals surface area contributed by atoms with Crippen molar-refractivity contribution in [1.29, 1.82) is 0 Å². The molecular weight excluding hydrogens is 156 g/mol. The zero-order valence-corrected chi connectivity index (χ0v) is 6.40. The first-order chi connectivity index (χ1) is 6.92. The summed E-state index contributed by atoms with van der Waals surface area (Å²) < 4.78 is 25.2. The van der Waals surface area contributed by atoms with Crippen molar-refractivity contribution in [2.24, 2.45) is 0 Å². The van der Waals surface area contributed by atoms with E-state index in [0.29, 0.717) is 5.56 Å². The number of rotatable bonds is 3. The first-order valence-corrected chi connectivity index (χ1v) is 3.50. The molecule has 0 bridgehead atoms. The zero-order valence-electron chi connectivity index (χ0n) is 9.40. The molecule has 12 heavy (non-hydrogen) atoms. The Hall–Kier alpha value is -1.06. The first kappa shape index (κ1) is 5.56. The summed E-state index contributed by atoms with van der Waals surface area (Å²) in [5, 5.41) is 17.9. The van der Waals surface area contributed by atoms with Crippen LogP contribution in [0.4, 0.5) is 0 Å². The second-order valence-corrected chi connectivity index (χ2v) is 2.37. The fourth-order valence-corrected chi connectivity index (χ4v) is 0.863. The van der Waals surface area contributed by atoms with Crippen LogP contribution in [0, 0.1) is 0 Å². The maximum Gasteiger partial charge on any atom is 0.118 e. The van der Waals surface area contributed by atoms with Crippen LogP contribution in [0.3, 0.4) is 0 Å². The van der Waals surface area contributed by atoms with Crippen LogP contribution in [-0.2, 0) is 0 Å². The summed E-state index contributed by atoms with van der Waals surface area (Å²) in [5.74, 6) is 0.198. The zero-order chi connectivity index (χ0) is 11.5. The number of ether oxygens (including phenoxy) is 1. The van der Waals surface area contributed by atoms with Crippen molar-refractivity contribution in [1.82, 2.24) is 0 Å². The highest BCUT2D eigenvalue weighted by atomic mass is 16.5. The number of methoxy groups -OCH3 is 1. The molecule has 0 heterocycles. The number of hydrogen-bond donors (Lipinski definition) is 2. The molecule has 3 nitrogen and oxygen atoms in total. The molecule has 0 spiro atoms. The summed E-state index contributed by atoms with van der Waals surface area (Å²) in [6.07, 6.45) is -0.952. The molecule has 1 aromatic carbocycles. The third-order valence-corrected chi connectivity index (χ3v) is 1.56. The SMILES string of the molecule is [2H]C([2H])([2H])Oc1ccc(C(O)CO)cc1. The Kier molecular flexibility index (Phi) is 1.90. The Morgan fingerprint density at radius 3 is 2.67 bits per heavy atom. The standard InChI is InChI=1S/C9H12O3/c1-12-8-4-2-7(3-5-8)9(11)6-10/h2-5,9-11H,6H2,1H3/i1D3. The van der Waals surface area contributed by atoms with Crippen molar-refractivity contribution in [3.05, 3.63) is 29.8 Å². The molecule has 0 aliphatic carbocycles. The summed E-state index contributed by atoms with van der Waals surface area (Å²) in [7, 11) is -2.48. The van der Waals surface area contributed by atoms with Crippen LogP contribution >= 0.6 is 0 Å². The van der Waals surface area contributed by atoms with Crippen LogP contribution < -0.4 is 4.74 Å². The predicted octanol–water partition coefficient (Wildman–Crippen LogP) is 0.721. The van der Waals surface area contributed by atoms with Crippen molar-refractivity contribution in [2.45, 2.75) is 6.10 Å².